The summed E-state index contributed by atoms with van der Waals surface area (Å²) in [7, 11) is 0. The Labute approximate surface area is 175 Å². The van der Waals surface area contributed by atoms with E-state index in [1.807, 2.05) is 6.92 Å². The van der Waals surface area contributed by atoms with Crippen LogP contribution < -0.4 is 0 Å². The molecule has 0 N–H and O–H groups in total. The molecule has 0 spiro atoms. The fraction of sp³-hybridized carbons (Fsp3) is 0.423. The number of esters is 1. The summed E-state index contributed by atoms with van der Waals surface area (Å²) in [4.78, 5) is 14.4. The van der Waals surface area contributed by atoms with Crippen LogP contribution in [0.15, 0.2) is 66.7 Å². The Kier molecular flexibility index (Phi) is 8.51. The van der Waals surface area contributed by atoms with Crippen molar-refractivity contribution in [2.24, 2.45) is 5.92 Å². The SMILES string of the molecule is CCOC(=O)[C@@H]1CCCN(CCCCC=C(c2ccccc2)c2ccccc2)C1. The van der Waals surface area contributed by atoms with Crippen molar-refractivity contribution in [1.29, 1.82) is 0 Å². The van der Waals surface area contributed by atoms with Gasteiger partial charge in [-0.25, -0.2) is 0 Å². The maximum Gasteiger partial charge on any atom is 0.310 e. The molecule has 1 aliphatic rings. The number of hydrogen-bond donors (Lipinski definition) is 0. The molecule has 0 radical (unpaired) electrons. The first kappa shape index (κ1) is 21.3. The quantitative estimate of drug-likeness (QED) is 0.414. The van der Waals surface area contributed by atoms with Crippen LogP contribution in [0.2, 0.25) is 0 Å². The lowest BCUT2D eigenvalue weighted by atomic mass is 9.96. The molecular weight excluding hydrogens is 358 g/mol. The number of hydrogen-bond acceptors (Lipinski definition) is 3. The Morgan fingerprint density at radius 2 is 1.69 bits per heavy atom. The summed E-state index contributed by atoms with van der Waals surface area (Å²) in [6.45, 7) is 5.38. The van der Waals surface area contributed by atoms with Gasteiger partial charge in [0.25, 0.3) is 0 Å². The molecular formula is C26H33NO2. The summed E-state index contributed by atoms with van der Waals surface area (Å²) in [6, 6.07) is 21.3. The third-order valence-corrected chi connectivity index (χ3v) is 5.57. The molecule has 29 heavy (non-hydrogen) atoms. The van der Waals surface area contributed by atoms with Crippen LogP contribution in [0.25, 0.3) is 5.57 Å². The van der Waals surface area contributed by atoms with Gasteiger partial charge in [-0.15, -0.1) is 0 Å². The average Bonchev–Trinajstić information content (AvgIpc) is 2.78. The van der Waals surface area contributed by atoms with Crippen LogP contribution >= 0.6 is 0 Å². The molecule has 3 rings (SSSR count). The molecule has 154 valence electrons. The number of likely N-dealkylation sites (tertiary alicyclic amines) is 1. The largest absolute Gasteiger partial charge is 0.466 e. The van der Waals surface area contributed by atoms with E-state index in [1.54, 1.807) is 0 Å². The van der Waals surface area contributed by atoms with Crippen molar-refractivity contribution < 1.29 is 9.53 Å². The van der Waals surface area contributed by atoms with Crippen molar-refractivity contribution in [3.63, 3.8) is 0 Å². The lowest BCUT2D eigenvalue weighted by molar-refractivity contribution is -0.149. The molecule has 2 aromatic rings. The summed E-state index contributed by atoms with van der Waals surface area (Å²) < 4.78 is 5.21. The van der Waals surface area contributed by atoms with Gasteiger partial charge in [0.05, 0.1) is 12.5 Å². The minimum atomic E-state index is -0.0181. The van der Waals surface area contributed by atoms with E-state index < -0.39 is 0 Å². The number of carbonyl (C=O) groups excluding carboxylic acids is 1. The molecule has 3 nitrogen and oxygen atoms in total. The van der Waals surface area contributed by atoms with Crippen LogP contribution in [-0.2, 0) is 9.53 Å². The van der Waals surface area contributed by atoms with E-state index in [9.17, 15) is 4.79 Å². The molecule has 3 heteroatoms. The molecule has 2 aromatic carbocycles. The molecule has 0 aliphatic carbocycles. The highest BCUT2D eigenvalue weighted by molar-refractivity contribution is 5.79. The molecule has 0 aromatic heterocycles. The maximum atomic E-state index is 12.0. The number of benzene rings is 2. The lowest BCUT2D eigenvalue weighted by Gasteiger charge is -2.31. The minimum absolute atomic E-state index is 0.0181. The van der Waals surface area contributed by atoms with Crippen molar-refractivity contribution in [2.75, 3.05) is 26.2 Å². The highest BCUT2D eigenvalue weighted by atomic mass is 16.5. The van der Waals surface area contributed by atoms with Crippen LogP contribution in [0.3, 0.4) is 0 Å². The first-order valence-corrected chi connectivity index (χ1v) is 11.0. The van der Waals surface area contributed by atoms with E-state index in [0.29, 0.717) is 6.61 Å². The van der Waals surface area contributed by atoms with E-state index in [-0.39, 0.29) is 11.9 Å². The highest BCUT2D eigenvalue weighted by Crippen LogP contribution is 2.24. The van der Waals surface area contributed by atoms with E-state index in [4.69, 9.17) is 4.74 Å². The average molecular weight is 392 g/mol. The zero-order valence-electron chi connectivity index (χ0n) is 17.6. The second-order valence-electron chi connectivity index (χ2n) is 7.74. The monoisotopic (exact) mass is 391 g/mol. The van der Waals surface area contributed by atoms with Crippen molar-refractivity contribution in [2.45, 2.75) is 39.0 Å². The Hall–Kier alpha value is -2.39. The van der Waals surface area contributed by atoms with Gasteiger partial charge in [-0.3, -0.25) is 4.79 Å². The van der Waals surface area contributed by atoms with Crippen molar-refractivity contribution in [3.8, 4) is 0 Å². The van der Waals surface area contributed by atoms with Crippen LogP contribution in [0, 0.1) is 5.92 Å². The summed E-state index contributed by atoms with van der Waals surface area (Å²) in [6.07, 6.45) is 7.81. The summed E-state index contributed by atoms with van der Waals surface area (Å²) in [5, 5.41) is 0. The van der Waals surface area contributed by atoms with Crippen LogP contribution in [0.1, 0.15) is 50.2 Å². The number of piperidine rings is 1. The van der Waals surface area contributed by atoms with Crippen LogP contribution in [0.4, 0.5) is 0 Å². The number of ether oxygens (including phenoxy) is 1. The molecule has 0 unspecified atom stereocenters. The zero-order valence-corrected chi connectivity index (χ0v) is 17.6. The van der Waals surface area contributed by atoms with Gasteiger partial charge >= 0.3 is 5.97 Å². The summed E-state index contributed by atoms with van der Waals surface area (Å²) in [5.41, 5.74) is 3.85. The van der Waals surface area contributed by atoms with Gasteiger partial charge in [0.1, 0.15) is 0 Å². The van der Waals surface area contributed by atoms with E-state index in [2.05, 4.69) is 71.6 Å². The first-order chi connectivity index (χ1) is 14.3. The molecule has 1 saturated heterocycles. The first-order valence-electron chi connectivity index (χ1n) is 11.0. The normalized spacial score (nSPS) is 16.9. The third-order valence-electron chi connectivity index (χ3n) is 5.57. The Bertz CT molecular complexity index is 728. The molecule has 1 aliphatic heterocycles. The second-order valence-corrected chi connectivity index (χ2v) is 7.74. The fourth-order valence-electron chi connectivity index (χ4n) is 4.08. The topological polar surface area (TPSA) is 29.5 Å². The van der Waals surface area contributed by atoms with Gasteiger partial charge in [-0.1, -0.05) is 66.7 Å². The van der Waals surface area contributed by atoms with Crippen LogP contribution in [-0.4, -0.2) is 37.1 Å². The van der Waals surface area contributed by atoms with Gasteiger partial charge in [0.15, 0.2) is 0 Å². The van der Waals surface area contributed by atoms with E-state index in [0.717, 1.165) is 51.7 Å². The number of nitrogens with zero attached hydrogens (tertiary/aromatic N) is 1. The van der Waals surface area contributed by atoms with Crippen LogP contribution in [0.5, 0.6) is 0 Å². The van der Waals surface area contributed by atoms with Gasteiger partial charge in [0.2, 0.25) is 0 Å². The predicted molar refractivity (Wildman–Crippen MR) is 120 cm³/mol. The second kappa shape index (κ2) is 11.6. The Balaban J connectivity index is 1.51. The molecule has 0 bridgehead atoms. The Morgan fingerprint density at radius 3 is 2.31 bits per heavy atom. The van der Waals surface area contributed by atoms with Gasteiger partial charge in [0, 0.05) is 6.54 Å². The van der Waals surface area contributed by atoms with E-state index in [1.165, 1.54) is 16.7 Å². The Morgan fingerprint density at radius 1 is 1.03 bits per heavy atom. The molecule has 1 fully saturated rings. The van der Waals surface area contributed by atoms with Gasteiger partial charge in [-0.2, -0.15) is 0 Å². The predicted octanol–water partition coefficient (Wildman–Crippen LogP) is 5.56. The highest BCUT2D eigenvalue weighted by Gasteiger charge is 2.26. The van der Waals surface area contributed by atoms with Crippen molar-refractivity contribution in [1.82, 2.24) is 4.90 Å². The standard InChI is InChI=1S/C26H33NO2/c1-2-29-26(28)24-17-12-20-27(21-24)19-11-5-10-18-25(22-13-6-3-7-14-22)23-15-8-4-9-16-23/h3-4,6-9,13-16,18,24H,2,5,10-12,17,19-21H2,1H3/t24-/m1/s1. The van der Waals surface area contributed by atoms with Gasteiger partial charge < -0.3 is 9.64 Å². The number of rotatable bonds is 9. The minimum Gasteiger partial charge on any atom is -0.466 e. The van der Waals surface area contributed by atoms with Crippen molar-refractivity contribution in [3.05, 3.63) is 77.9 Å². The maximum absolute atomic E-state index is 12.0. The smallest absolute Gasteiger partial charge is 0.310 e. The zero-order chi connectivity index (χ0) is 20.3. The lowest BCUT2D eigenvalue weighted by Crippen LogP contribution is -2.39. The molecule has 1 heterocycles. The number of allylic oxidation sites excluding steroid dienone is 1. The summed E-state index contributed by atoms with van der Waals surface area (Å²) >= 11 is 0. The fourth-order valence-corrected chi connectivity index (χ4v) is 4.08. The third kappa shape index (κ3) is 6.57. The molecule has 0 amide bonds. The number of unbranched alkanes of at least 4 members (excludes halogenated alkanes) is 2. The molecule has 1 atom stereocenters. The van der Waals surface area contributed by atoms with Crippen molar-refractivity contribution >= 4 is 11.5 Å². The van der Waals surface area contributed by atoms with E-state index >= 15 is 0 Å². The molecule has 0 saturated carbocycles. The number of carbonyl (C=O) groups is 1. The summed E-state index contributed by atoms with van der Waals surface area (Å²) in [5.74, 6) is 0.0434. The van der Waals surface area contributed by atoms with Gasteiger partial charge in [-0.05, 0) is 68.8 Å².